The Morgan fingerprint density at radius 3 is 2.00 bits per heavy atom. The first-order chi connectivity index (χ1) is 24.3. The van der Waals surface area contributed by atoms with Gasteiger partial charge in [-0.2, -0.15) is 0 Å². The minimum absolute atomic E-state index is 0.139. The second kappa shape index (κ2) is 11.2. The Balaban J connectivity index is 1.10. The van der Waals surface area contributed by atoms with Crippen LogP contribution in [0.15, 0.2) is 168 Å². The molecule has 7 aromatic carbocycles. The Morgan fingerprint density at radius 1 is 0.551 bits per heavy atom. The molecule has 0 saturated carbocycles. The summed E-state index contributed by atoms with van der Waals surface area (Å²) in [7, 11) is 0. The number of hydrogen-bond acceptors (Lipinski definition) is 4. The van der Waals surface area contributed by atoms with E-state index in [0.717, 1.165) is 17.2 Å². The Labute approximate surface area is 283 Å². The monoisotopic (exact) mass is 631 g/mol. The molecule has 2 aliphatic rings. The summed E-state index contributed by atoms with van der Waals surface area (Å²) in [6.07, 6.45) is 4.09. The van der Waals surface area contributed by atoms with Gasteiger partial charge in [0.1, 0.15) is 24.0 Å². The number of nitrogens with zero attached hydrogens (tertiary/aromatic N) is 2. The molecule has 10 rings (SSSR count). The van der Waals surface area contributed by atoms with Crippen LogP contribution in [0.25, 0.3) is 59.9 Å². The predicted octanol–water partition coefficient (Wildman–Crippen LogP) is 9.25. The Bertz CT molecular complexity index is 2680. The number of para-hydroxylation sites is 1. The fourth-order valence-electron chi connectivity index (χ4n) is 7.82. The summed E-state index contributed by atoms with van der Waals surface area (Å²) in [6, 6.07) is 52.0. The molecule has 2 unspecified atom stereocenters. The number of benzene rings is 7. The van der Waals surface area contributed by atoms with E-state index < -0.39 is 0 Å². The molecule has 5 heteroatoms. The fraction of sp³-hybridized carbons (Fsp3) is 0.0682. The maximum absolute atomic E-state index is 5.35. The number of aliphatic imine (C=N–C) groups is 1. The van der Waals surface area contributed by atoms with E-state index in [9.17, 15) is 0 Å². The zero-order chi connectivity index (χ0) is 32.3. The first-order valence-corrected chi connectivity index (χ1v) is 16.9. The van der Waals surface area contributed by atoms with Crippen molar-refractivity contribution in [3.8, 4) is 0 Å². The van der Waals surface area contributed by atoms with Gasteiger partial charge in [-0.15, -0.1) is 0 Å². The highest BCUT2D eigenvalue weighted by molar-refractivity contribution is 6.21. The lowest BCUT2D eigenvalue weighted by Gasteiger charge is -2.34. The summed E-state index contributed by atoms with van der Waals surface area (Å²) in [5.74, 6) is 1.95. The van der Waals surface area contributed by atoms with E-state index in [2.05, 4.69) is 178 Å². The molecule has 0 fully saturated rings. The lowest BCUT2D eigenvalue weighted by atomic mass is 9.99. The van der Waals surface area contributed by atoms with Gasteiger partial charge in [0.05, 0.1) is 11.0 Å². The van der Waals surface area contributed by atoms with Crippen molar-refractivity contribution in [2.45, 2.75) is 12.3 Å². The minimum atomic E-state index is -0.230. The van der Waals surface area contributed by atoms with Gasteiger partial charge in [0, 0.05) is 22.9 Å². The van der Waals surface area contributed by atoms with Crippen LogP contribution >= 0.6 is 0 Å². The molecule has 49 heavy (non-hydrogen) atoms. The van der Waals surface area contributed by atoms with E-state index in [0.29, 0.717) is 6.54 Å². The smallest absolute Gasteiger partial charge is 0.132 e. The summed E-state index contributed by atoms with van der Waals surface area (Å²) >= 11 is 0. The molecule has 2 atom stereocenters. The lowest BCUT2D eigenvalue weighted by molar-refractivity contribution is 0.429. The third kappa shape index (κ3) is 4.55. The number of hydrogen-bond donors (Lipinski definition) is 3. The predicted molar refractivity (Wildman–Crippen MR) is 205 cm³/mol. The van der Waals surface area contributed by atoms with Crippen molar-refractivity contribution >= 4 is 65.8 Å². The molecule has 3 heterocycles. The number of fused-ring (bicyclic) bond motifs is 7. The molecule has 0 amide bonds. The van der Waals surface area contributed by atoms with Crippen molar-refractivity contribution in [1.82, 2.24) is 20.5 Å². The molecule has 0 aliphatic carbocycles. The van der Waals surface area contributed by atoms with E-state index >= 15 is 0 Å². The van der Waals surface area contributed by atoms with Gasteiger partial charge in [-0.3, -0.25) is 9.88 Å². The maximum atomic E-state index is 5.35. The van der Waals surface area contributed by atoms with Crippen molar-refractivity contribution in [2.75, 3.05) is 6.54 Å². The van der Waals surface area contributed by atoms with Gasteiger partial charge in [-0.25, -0.2) is 4.99 Å². The highest BCUT2D eigenvalue weighted by Gasteiger charge is 2.29. The van der Waals surface area contributed by atoms with Crippen LogP contribution in [0.4, 0.5) is 0 Å². The number of aromatic nitrogens is 1. The highest BCUT2D eigenvalue weighted by Crippen LogP contribution is 2.37. The van der Waals surface area contributed by atoms with Crippen molar-refractivity contribution in [2.24, 2.45) is 4.99 Å². The van der Waals surface area contributed by atoms with E-state index in [-0.39, 0.29) is 12.3 Å². The highest BCUT2D eigenvalue weighted by atomic mass is 15.3. The van der Waals surface area contributed by atoms with Gasteiger partial charge >= 0.3 is 0 Å². The molecule has 5 nitrogen and oxygen atoms in total. The zero-order valence-electron chi connectivity index (χ0n) is 26.8. The summed E-state index contributed by atoms with van der Waals surface area (Å²) in [5, 5.41) is 21.4. The van der Waals surface area contributed by atoms with Gasteiger partial charge < -0.3 is 10.6 Å². The summed E-state index contributed by atoms with van der Waals surface area (Å²) in [6.45, 7) is 0.666. The Kier molecular flexibility index (Phi) is 6.39. The normalized spacial score (nSPS) is 17.9. The standard InChI is InChI=1S/C44H33N5/c1-4-16-32-28(11-1)14-9-20-35(32)43-46-42(47-44(48-43)36-21-10-15-29-12-2-5-17-33(29)36)31-24-26-40(45-27-31)49-38-22-8-7-19-37(38)41-34-18-6-3-13-30(34)23-25-39(41)49/h1-26,42-43,45-46H,27H2,(H,47,48). The molecule has 0 radical (unpaired) electrons. The number of allylic oxidation sites excluding steroid dienone is 2. The molecule has 3 N–H and O–H groups in total. The van der Waals surface area contributed by atoms with Gasteiger partial charge in [-0.1, -0.05) is 140 Å². The number of dihydropyridines is 1. The lowest BCUT2D eigenvalue weighted by Crippen LogP contribution is -2.50. The molecule has 0 saturated heterocycles. The van der Waals surface area contributed by atoms with Crippen molar-refractivity contribution in [3.63, 3.8) is 0 Å². The quantitative estimate of drug-likeness (QED) is 0.182. The Morgan fingerprint density at radius 2 is 1.20 bits per heavy atom. The molecule has 234 valence electrons. The average Bonchev–Trinajstić information content (AvgIpc) is 3.52. The first-order valence-electron chi connectivity index (χ1n) is 16.9. The van der Waals surface area contributed by atoms with Crippen molar-refractivity contribution in [1.29, 1.82) is 0 Å². The van der Waals surface area contributed by atoms with Crippen molar-refractivity contribution in [3.05, 3.63) is 174 Å². The second-order valence-corrected chi connectivity index (χ2v) is 12.9. The largest absolute Gasteiger partial charge is 0.367 e. The fourth-order valence-corrected chi connectivity index (χ4v) is 7.82. The number of nitrogens with one attached hydrogen (secondary N) is 3. The first kappa shape index (κ1) is 27.9. The summed E-state index contributed by atoms with van der Waals surface area (Å²) in [4.78, 5) is 5.35. The van der Waals surface area contributed by atoms with Crippen LogP contribution in [-0.2, 0) is 0 Å². The van der Waals surface area contributed by atoms with Crippen LogP contribution in [0.2, 0.25) is 0 Å². The molecular formula is C44H33N5. The molecule has 0 bridgehead atoms. The molecular weight excluding hydrogens is 599 g/mol. The van der Waals surface area contributed by atoms with Gasteiger partial charge in [0.15, 0.2) is 0 Å². The minimum Gasteiger partial charge on any atom is -0.367 e. The van der Waals surface area contributed by atoms with Crippen LogP contribution in [0.3, 0.4) is 0 Å². The molecule has 1 aromatic heterocycles. The molecule has 8 aromatic rings. The van der Waals surface area contributed by atoms with Crippen LogP contribution in [-0.4, -0.2) is 23.1 Å². The average molecular weight is 632 g/mol. The summed E-state index contributed by atoms with van der Waals surface area (Å²) < 4.78 is 2.37. The molecule has 2 aliphatic heterocycles. The van der Waals surface area contributed by atoms with E-state index in [1.807, 2.05) is 0 Å². The van der Waals surface area contributed by atoms with E-state index in [1.54, 1.807) is 0 Å². The summed E-state index contributed by atoms with van der Waals surface area (Å²) in [5.41, 5.74) is 5.88. The maximum Gasteiger partial charge on any atom is 0.132 e. The number of amidine groups is 1. The van der Waals surface area contributed by atoms with Gasteiger partial charge in [0.25, 0.3) is 0 Å². The second-order valence-electron chi connectivity index (χ2n) is 12.9. The van der Waals surface area contributed by atoms with Crippen LogP contribution < -0.4 is 16.0 Å². The van der Waals surface area contributed by atoms with Crippen LogP contribution in [0, 0.1) is 0 Å². The van der Waals surface area contributed by atoms with Crippen LogP contribution in [0.1, 0.15) is 17.3 Å². The third-order valence-electron chi connectivity index (χ3n) is 10.1. The Hall–Kier alpha value is -6.17. The third-order valence-corrected chi connectivity index (χ3v) is 10.1. The van der Waals surface area contributed by atoms with Crippen LogP contribution in [0.5, 0.6) is 0 Å². The SMILES string of the molecule is C1=C(C2N=C(c3cccc4ccccc34)NC(c3cccc4ccccc34)N2)CNC(n2c3ccccc3c3c4ccccc4ccc32)=C1. The van der Waals surface area contributed by atoms with E-state index in [4.69, 9.17) is 4.99 Å². The van der Waals surface area contributed by atoms with Crippen molar-refractivity contribution < 1.29 is 0 Å². The zero-order valence-corrected chi connectivity index (χ0v) is 26.8. The van der Waals surface area contributed by atoms with Gasteiger partial charge in [-0.05, 0) is 61.7 Å². The topological polar surface area (TPSA) is 53.4 Å². The number of rotatable bonds is 4. The molecule has 0 spiro atoms. The van der Waals surface area contributed by atoms with Gasteiger partial charge in [0.2, 0.25) is 0 Å². The van der Waals surface area contributed by atoms with E-state index in [1.165, 1.54) is 65.3 Å².